The van der Waals surface area contributed by atoms with E-state index in [2.05, 4.69) is 10.1 Å². The highest BCUT2D eigenvalue weighted by molar-refractivity contribution is 5.84. The second kappa shape index (κ2) is 5.69. The molecule has 5 heteroatoms. The summed E-state index contributed by atoms with van der Waals surface area (Å²) in [6.07, 6.45) is 4.04. The first-order valence-electron chi connectivity index (χ1n) is 6.77. The fourth-order valence-electron chi connectivity index (χ4n) is 3.09. The van der Waals surface area contributed by atoms with Crippen molar-refractivity contribution in [3.63, 3.8) is 0 Å². The van der Waals surface area contributed by atoms with Crippen molar-refractivity contribution in [2.24, 2.45) is 5.92 Å². The zero-order valence-corrected chi connectivity index (χ0v) is 11.1. The van der Waals surface area contributed by atoms with Crippen LogP contribution in [-0.4, -0.2) is 49.1 Å². The Bertz CT molecular complexity index is 332. The van der Waals surface area contributed by atoms with Crippen molar-refractivity contribution in [1.82, 2.24) is 10.2 Å². The van der Waals surface area contributed by atoms with Crippen molar-refractivity contribution in [3.8, 4) is 0 Å². The van der Waals surface area contributed by atoms with Gasteiger partial charge in [0.2, 0.25) is 5.91 Å². The summed E-state index contributed by atoms with van der Waals surface area (Å²) in [5.41, 5.74) is 0. The van der Waals surface area contributed by atoms with Gasteiger partial charge in [-0.25, -0.2) is 0 Å². The molecule has 0 aromatic rings. The Morgan fingerprint density at radius 3 is 2.67 bits per heavy atom. The highest BCUT2D eigenvalue weighted by atomic mass is 16.5. The molecule has 2 aliphatic heterocycles. The summed E-state index contributed by atoms with van der Waals surface area (Å²) in [5, 5.41) is 3.46. The highest BCUT2D eigenvalue weighted by Crippen LogP contribution is 2.34. The number of fused-ring (bicyclic) bond motifs is 2. The van der Waals surface area contributed by atoms with E-state index in [1.165, 1.54) is 13.5 Å². The Morgan fingerprint density at radius 2 is 2.17 bits per heavy atom. The smallest absolute Gasteiger partial charge is 0.325 e. The molecule has 2 aliphatic rings. The van der Waals surface area contributed by atoms with Crippen molar-refractivity contribution >= 4 is 11.9 Å². The Kier molecular flexibility index (Phi) is 4.22. The van der Waals surface area contributed by atoms with Crippen molar-refractivity contribution in [3.05, 3.63) is 0 Å². The normalized spacial score (nSPS) is 29.3. The average molecular weight is 254 g/mol. The molecule has 0 aromatic heterocycles. The van der Waals surface area contributed by atoms with Crippen LogP contribution >= 0.6 is 0 Å². The van der Waals surface area contributed by atoms with Gasteiger partial charge in [-0.3, -0.25) is 9.59 Å². The molecule has 0 aromatic carbocycles. The number of nitrogens with zero attached hydrogens (tertiary/aromatic N) is 1. The molecule has 3 unspecified atom stereocenters. The van der Waals surface area contributed by atoms with Gasteiger partial charge in [0.15, 0.2) is 0 Å². The van der Waals surface area contributed by atoms with Gasteiger partial charge < -0.3 is 15.0 Å². The molecule has 1 amide bonds. The fourth-order valence-corrected chi connectivity index (χ4v) is 3.09. The Morgan fingerprint density at radius 1 is 1.39 bits per heavy atom. The third-order valence-corrected chi connectivity index (χ3v) is 3.97. The molecule has 2 fully saturated rings. The highest BCUT2D eigenvalue weighted by Gasteiger charge is 2.44. The summed E-state index contributed by atoms with van der Waals surface area (Å²) in [5.74, 6) is -0.171. The lowest BCUT2D eigenvalue weighted by Gasteiger charge is -2.27. The summed E-state index contributed by atoms with van der Waals surface area (Å²) in [6, 6.07) is 0.824. The Labute approximate surface area is 108 Å². The van der Waals surface area contributed by atoms with Crippen molar-refractivity contribution < 1.29 is 14.3 Å². The van der Waals surface area contributed by atoms with Gasteiger partial charge in [0.25, 0.3) is 0 Å². The Hall–Kier alpha value is -1.10. The van der Waals surface area contributed by atoms with Crippen molar-refractivity contribution in [2.75, 3.05) is 20.2 Å². The van der Waals surface area contributed by atoms with E-state index in [0.717, 1.165) is 19.3 Å². The van der Waals surface area contributed by atoms with Gasteiger partial charge in [0.1, 0.15) is 6.54 Å². The van der Waals surface area contributed by atoms with Crippen molar-refractivity contribution in [2.45, 2.75) is 44.7 Å². The number of hydrogen-bond acceptors (Lipinski definition) is 4. The SMILES string of the molecule is CCCN(CC(=O)OC)C(=O)C1CC2CCC1N2. The van der Waals surface area contributed by atoms with Crippen LogP contribution in [0.4, 0.5) is 0 Å². The molecule has 18 heavy (non-hydrogen) atoms. The van der Waals surface area contributed by atoms with Crippen LogP contribution in [0.5, 0.6) is 0 Å². The first-order chi connectivity index (χ1) is 8.65. The van der Waals surface area contributed by atoms with E-state index in [-0.39, 0.29) is 24.3 Å². The number of carbonyl (C=O) groups excluding carboxylic acids is 2. The molecule has 0 spiro atoms. The summed E-state index contributed by atoms with van der Waals surface area (Å²) in [6.45, 7) is 2.72. The zero-order valence-electron chi connectivity index (χ0n) is 11.1. The first kappa shape index (κ1) is 13.3. The quantitative estimate of drug-likeness (QED) is 0.727. The number of methoxy groups -OCH3 is 1. The molecule has 2 rings (SSSR count). The van der Waals surface area contributed by atoms with Crippen LogP contribution in [-0.2, 0) is 14.3 Å². The zero-order chi connectivity index (χ0) is 13.1. The number of hydrogen-bond donors (Lipinski definition) is 1. The number of carbonyl (C=O) groups is 2. The molecular weight excluding hydrogens is 232 g/mol. The van der Waals surface area contributed by atoms with Crippen LogP contribution in [0.25, 0.3) is 0 Å². The molecule has 102 valence electrons. The minimum atomic E-state index is -0.340. The second-order valence-corrected chi connectivity index (χ2v) is 5.23. The number of rotatable bonds is 5. The van der Waals surface area contributed by atoms with E-state index in [4.69, 9.17) is 0 Å². The Balaban J connectivity index is 1.97. The molecule has 1 N–H and O–H groups in total. The van der Waals surface area contributed by atoms with Gasteiger partial charge in [0, 0.05) is 18.6 Å². The van der Waals surface area contributed by atoms with Crippen LogP contribution in [0.3, 0.4) is 0 Å². The lowest BCUT2D eigenvalue weighted by Crippen LogP contribution is -2.43. The summed E-state index contributed by atoms with van der Waals surface area (Å²) in [4.78, 5) is 25.5. The van der Waals surface area contributed by atoms with Crippen molar-refractivity contribution in [1.29, 1.82) is 0 Å². The van der Waals surface area contributed by atoms with Gasteiger partial charge >= 0.3 is 5.97 Å². The van der Waals surface area contributed by atoms with Gasteiger partial charge in [-0.05, 0) is 25.7 Å². The third-order valence-electron chi connectivity index (χ3n) is 3.97. The lowest BCUT2D eigenvalue weighted by molar-refractivity contribution is -0.148. The predicted molar refractivity (Wildman–Crippen MR) is 66.9 cm³/mol. The van der Waals surface area contributed by atoms with Gasteiger partial charge in [-0.2, -0.15) is 0 Å². The summed E-state index contributed by atoms with van der Waals surface area (Å²) < 4.78 is 4.65. The largest absolute Gasteiger partial charge is 0.468 e. The maximum absolute atomic E-state index is 12.5. The standard InChI is InChI=1S/C13H22N2O3/c1-3-6-15(8-12(16)18-2)13(17)10-7-9-4-5-11(10)14-9/h9-11,14H,3-8H2,1-2H3. The second-order valence-electron chi connectivity index (χ2n) is 5.23. The van der Waals surface area contributed by atoms with Crippen LogP contribution < -0.4 is 5.32 Å². The molecular formula is C13H22N2O3. The monoisotopic (exact) mass is 254 g/mol. The predicted octanol–water partition coefficient (Wildman–Crippen LogP) is 0.539. The summed E-state index contributed by atoms with van der Waals surface area (Å²) >= 11 is 0. The van der Waals surface area contributed by atoms with E-state index in [1.807, 2.05) is 6.92 Å². The van der Waals surface area contributed by atoms with E-state index < -0.39 is 0 Å². The van der Waals surface area contributed by atoms with Gasteiger partial charge in [0.05, 0.1) is 13.0 Å². The molecule has 0 aliphatic carbocycles. The topological polar surface area (TPSA) is 58.6 Å². The molecule has 2 saturated heterocycles. The lowest BCUT2D eigenvalue weighted by atomic mass is 9.88. The maximum atomic E-state index is 12.5. The first-order valence-corrected chi connectivity index (χ1v) is 6.77. The average Bonchev–Trinajstić information content (AvgIpc) is 2.99. The molecule has 0 radical (unpaired) electrons. The van der Waals surface area contributed by atoms with Crippen LogP contribution in [0, 0.1) is 5.92 Å². The van der Waals surface area contributed by atoms with Crippen LogP contribution in [0.1, 0.15) is 32.6 Å². The van der Waals surface area contributed by atoms with Gasteiger partial charge in [-0.1, -0.05) is 6.92 Å². The number of ether oxygens (including phenoxy) is 1. The minimum Gasteiger partial charge on any atom is -0.468 e. The van der Waals surface area contributed by atoms with Gasteiger partial charge in [-0.15, -0.1) is 0 Å². The molecule has 2 bridgehead atoms. The minimum absolute atomic E-state index is 0.0555. The summed E-state index contributed by atoms with van der Waals surface area (Å²) in [7, 11) is 1.36. The van der Waals surface area contributed by atoms with Crippen LogP contribution in [0.2, 0.25) is 0 Å². The molecule has 2 heterocycles. The number of nitrogens with one attached hydrogen (secondary N) is 1. The van der Waals surface area contributed by atoms with E-state index in [9.17, 15) is 9.59 Å². The van der Waals surface area contributed by atoms with E-state index >= 15 is 0 Å². The molecule has 0 saturated carbocycles. The van der Waals surface area contributed by atoms with Crippen LogP contribution in [0.15, 0.2) is 0 Å². The molecule has 5 nitrogen and oxygen atoms in total. The number of amides is 1. The van der Waals surface area contributed by atoms with E-state index in [1.54, 1.807) is 4.90 Å². The maximum Gasteiger partial charge on any atom is 0.325 e. The number of esters is 1. The third kappa shape index (κ3) is 2.66. The molecule has 3 atom stereocenters. The van der Waals surface area contributed by atoms with E-state index in [0.29, 0.717) is 18.6 Å². The fraction of sp³-hybridized carbons (Fsp3) is 0.846.